The van der Waals surface area contributed by atoms with Gasteiger partial charge in [-0.25, -0.2) is 4.79 Å². The molecule has 0 aliphatic rings. The van der Waals surface area contributed by atoms with Gasteiger partial charge in [0.2, 0.25) is 0 Å². The maximum absolute atomic E-state index is 11.2. The number of hydrogen-bond donors (Lipinski definition) is 2. The fraction of sp³-hybridized carbons (Fsp3) is 0.235. The van der Waals surface area contributed by atoms with Gasteiger partial charge in [0.05, 0.1) is 11.6 Å². The fourth-order valence-electron chi connectivity index (χ4n) is 2.52. The van der Waals surface area contributed by atoms with Crippen molar-refractivity contribution < 1.29 is 4.42 Å². The minimum atomic E-state index is -0.425. The molecule has 1 heterocycles. The number of aromatic nitrogens is 1. The van der Waals surface area contributed by atoms with Crippen LogP contribution in [0.2, 0.25) is 0 Å². The van der Waals surface area contributed by atoms with Crippen LogP contribution in [0.5, 0.6) is 0 Å². The van der Waals surface area contributed by atoms with Crippen molar-refractivity contribution in [2.45, 2.75) is 19.9 Å². The molecule has 1 aromatic heterocycles. The van der Waals surface area contributed by atoms with E-state index in [9.17, 15) is 4.79 Å². The lowest BCUT2D eigenvalue weighted by Crippen LogP contribution is -2.16. The predicted octanol–water partition coefficient (Wildman–Crippen LogP) is 3.93. The molecule has 2 N–H and O–H groups in total. The van der Waals surface area contributed by atoms with E-state index < -0.39 is 5.76 Å². The standard InChI is InChI=1S/C17H18N2O2/c1-11(2)16(12-6-4-3-5-7-12)18-13-8-9-15-14(10-13)19-17(20)21-15/h3-11,16,18H,1-2H3,(H,19,20). The largest absolute Gasteiger partial charge is 0.417 e. The summed E-state index contributed by atoms with van der Waals surface area (Å²) in [5, 5.41) is 3.53. The van der Waals surface area contributed by atoms with Gasteiger partial charge in [-0.05, 0) is 29.7 Å². The van der Waals surface area contributed by atoms with Crippen LogP contribution in [0, 0.1) is 5.92 Å². The van der Waals surface area contributed by atoms with Crippen molar-refractivity contribution in [3.8, 4) is 0 Å². The van der Waals surface area contributed by atoms with E-state index in [4.69, 9.17) is 4.42 Å². The monoisotopic (exact) mass is 282 g/mol. The van der Waals surface area contributed by atoms with Crippen molar-refractivity contribution in [3.05, 3.63) is 64.6 Å². The maximum Gasteiger partial charge on any atom is 0.417 e. The molecule has 3 aromatic rings. The van der Waals surface area contributed by atoms with Gasteiger partial charge in [0.1, 0.15) is 0 Å². The Kier molecular flexibility index (Phi) is 3.52. The lowest BCUT2D eigenvalue weighted by Gasteiger charge is -2.24. The van der Waals surface area contributed by atoms with E-state index in [1.165, 1.54) is 5.56 Å². The molecule has 0 amide bonds. The first-order chi connectivity index (χ1) is 10.1. The number of nitrogens with one attached hydrogen (secondary N) is 2. The summed E-state index contributed by atoms with van der Waals surface area (Å²) in [5.41, 5.74) is 3.49. The molecule has 3 rings (SSSR count). The third kappa shape index (κ3) is 2.84. The second-order valence-electron chi connectivity index (χ2n) is 5.50. The summed E-state index contributed by atoms with van der Waals surface area (Å²) in [6.07, 6.45) is 0. The molecule has 4 heteroatoms. The van der Waals surface area contributed by atoms with Gasteiger partial charge in [-0.15, -0.1) is 0 Å². The van der Waals surface area contributed by atoms with E-state index in [0.717, 1.165) is 5.69 Å². The molecular weight excluding hydrogens is 264 g/mol. The van der Waals surface area contributed by atoms with Crippen LogP contribution in [0.25, 0.3) is 11.1 Å². The minimum absolute atomic E-state index is 0.210. The molecule has 2 aromatic carbocycles. The Morgan fingerprint density at radius 1 is 1.10 bits per heavy atom. The summed E-state index contributed by atoms with van der Waals surface area (Å²) in [7, 11) is 0. The fourth-order valence-corrected chi connectivity index (χ4v) is 2.52. The number of benzene rings is 2. The van der Waals surface area contributed by atoms with Gasteiger partial charge in [0.15, 0.2) is 5.58 Å². The van der Waals surface area contributed by atoms with Crippen molar-refractivity contribution in [2.24, 2.45) is 5.92 Å². The Morgan fingerprint density at radius 2 is 1.86 bits per heavy atom. The summed E-state index contributed by atoms with van der Waals surface area (Å²) in [5.74, 6) is 0.0112. The third-order valence-corrected chi connectivity index (χ3v) is 3.57. The third-order valence-electron chi connectivity index (χ3n) is 3.57. The van der Waals surface area contributed by atoms with Crippen LogP contribution < -0.4 is 11.1 Å². The summed E-state index contributed by atoms with van der Waals surface area (Å²) < 4.78 is 5.02. The lowest BCUT2D eigenvalue weighted by atomic mass is 9.96. The van der Waals surface area contributed by atoms with Gasteiger partial charge in [0.25, 0.3) is 0 Å². The van der Waals surface area contributed by atoms with Gasteiger partial charge in [-0.3, -0.25) is 4.98 Å². The molecule has 0 saturated carbocycles. The molecule has 21 heavy (non-hydrogen) atoms. The van der Waals surface area contributed by atoms with Gasteiger partial charge < -0.3 is 9.73 Å². The molecular formula is C17H18N2O2. The lowest BCUT2D eigenvalue weighted by molar-refractivity contribution is 0.546. The highest BCUT2D eigenvalue weighted by atomic mass is 16.4. The molecule has 0 saturated heterocycles. The van der Waals surface area contributed by atoms with Crippen molar-refractivity contribution in [3.63, 3.8) is 0 Å². The van der Waals surface area contributed by atoms with Crippen LogP contribution in [0.1, 0.15) is 25.5 Å². The van der Waals surface area contributed by atoms with Crippen LogP contribution >= 0.6 is 0 Å². The zero-order valence-corrected chi connectivity index (χ0v) is 12.1. The summed E-state index contributed by atoms with van der Waals surface area (Å²) in [6, 6.07) is 16.2. The summed E-state index contributed by atoms with van der Waals surface area (Å²) in [4.78, 5) is 13.9. The molecule has 4 nitrogen and oxygen atoms in total. The summed E-state index contributed by atoms with van der Waals surface area (Å²) in [6.45, 7) is 4.37. The molecule has 0 aliphatic heterocycles. The number of oxazole rings is 1. The van der Waals surface area contributed by atoms with Crippen LogP contribution in [-0.2, 0) is 0 Å². The minimum Gasteiger partial charge on any atom is -0.408 e. The highest BCUT2D eigenvalue weighted by Gasteiger charge is 2.15. The van der Waals surface area contributed by atoms with Crippen LogP contribution in [0.15, 0.2) is 57.7 Å². The van der Waals surface area contributed by atoms with Gasteiger partial charge >= 0.3 is 5.76 Å². The van der Waals surface area contributed by atoms with E-state index >= 15 is 0 Å². The average Bonchev–Trinajstić information content (AvgIpc) is 2.84. The Morgan fingerprint density at radius 3 is 2.57 bits per heavy atom. The van der Waals surface area contributed by atoms with Crippen molar-refractivity contribution >= 4 is 16.8 Å². The van der Waals surface area contributed by atoms with Gasteiger partial charge in [0, 0.05) is 5.69 Å². The van der Waals surface area contributed by atoms with E-state index in [1.807, 2.05) is 30.3 Å². The summed E-state index contributed by atoms with van der Waals surface area (Å²) >= 11 is 0. The topological polar surface area (TPSA) is 58.0 Å². The van der Waals surface area contributed by atoms with Crippen molar-refractivity contribution in [1.82, 2.24) is 4.98 Å². The quantitative estimate of drug-likeness (QED) is 0.762. The first-order valence-electron chi connectivity index (χ1n) is 7.08. The zero-order valence-electron chi connectivity index (χ0n) is 12.1. The van der Waals surface area contributed by atoms with E-state index in [1.54, 1.807) is 6.07 Å². The number of hydrogen-bond acceptors (Lipinski definition) is 3. The van der Waals surface area contributed by atoms with E-state index in [2.05, 4.69) is 36.3 Å². The SMILES string of the molecule is CC(C)C(Nc1ccc2oc(=O)[nH]c2c1)c1ccccc1. The number of anilines is 1. The molecule has 0 radical (unpaired) electrons. The Balaban J connectivity index is 1.92. The second-order valence-corrected chi connectivity index (χ2v) is 5.50. The first kappa shape index (κ1) is 13.5. The molecule has 0 fully saturated rings. The number of rotatable bonds is 4. The second kappa shape index (κ2) is 5.48. The smallest absolute Gasteiger partial charge is 0.408 e. The molecule has 1 unspecified atom stereocenters. The van der Waals surface area contributed by atoms with Crippen LogP contribution in [-0.4, -0.2) is 4.98 Å². The highest BCUT2D eigenvalue weighted by molar-refractivity contribution is 5.76. The number of fused-ring (bicyclic) bond motifs is 1. The Hall–Kier alpha value is -2.49. The van der Waals surface area contributed by atoms with Gasteiger partial charge in [-0.1, -0.05) is 44.2 Å². The van der Waals surface area contributed by atoms with E-state index in [-0.39, 0.29) is 6.04 Å². The zero-order chi connectivity index (χ0) is 14.8. The van der Waals surface area contributed by atoms with Gasteiger partial charge in [-0.2, -0.15) is 0 Å². The normalized spacial score (nSPS) is 12.7. The molecule has 1 atom stereocenters. The average molecular weight is 282 g/mol. The molecule has 108 valence electrons. The van der Waals surface area contributed by atoms with Crippen molar-refractivity contribution in [2.75, 3.05) is 5.32 Å². The molecule has 0 aliphatic carbocycles. The van der Waals surface area contributed by atoms with Crippen molar-refractivity contribution in [1.29, 1.82) is 0 Å². The molecule has 0 spiro atoms. The van der Waals surface area contributed by atoms with Crippen LogP contribution in [0.4, 0.5) is 5.69 Å². The van der Waals surface area contributed by atoms with E-state index in [0.29, 0.717) is 17.0 Å². The Labute approximate surface area is 122 Å². The van der Waals surface area contributed by atoms with Crippen LogP contribution in [0.3, 0.4) is 0 Å². The number of H-pyrrole nitrogens is 1. The predicted molar refractivity (Wildman–Crippen MR) is 84.5 cm³/mol. The first-order valence-corrected chi connectivity index (χ1v) is 7.08. The molecule has 0 bridgehead atoms. The maximum atomic E-state index is 11.2. The highest BCUT2D eigenvalue weighted by Crippen LogP contribution is 2.27. The Bertz CT molecular complexity index is 787. The number of aromatic amines is 1.